The molecule has 0 saturated carbocycles. The summed E-state index contributed by atoms with van der Waals surface area (Å²) in [6.45, 7) is 1.90. The molecule has 2 rings (SSSR count). The lowest BCUT2D eigenvalue weighted by Gasteiger charge is -2.14. The van der Waals surface area contributed by atoms with Crippen molar-refractivity contribution in [1.29, 1.82) is 0 Å². The summed E-state index contributed by atoms with van der Waals surface area (Å²) < 4.78 is 39.9. The number of benzene rings is 1. The third-order valence-electron chi connectivity index (χ3n) is 3.31. The lowest BCUT2D eigenvalue weighted by molar-refractivity contribution is 0.580. The van der Waals surface area contributed by atoms with Gasteiger partial charge >= 0.3 is 0 Å². The van der Waals surface area contributed by atoms with Crippen LogP contribution in [0.3, 0.4) is 0 Å². The van der Waals surface area contributed by atoms with Gasteiger partial charge < -0.3 is 0 Å². The summed E-state index contributed by atoms with van der Waals surface area (Å²) in [6, 6.07) is 3.83. The number of rotatable bonds is 4. The predicted octanol–water partition coefficient (Wildman–Crippen LogP) is 2.91. The number of allylic oxidation sites excluding steroid dienone is 1. The fourth-order valence-electron chi connectivity index (χ4n) is 2.12. The minimum Gasteiger partial charge on any atom is -0.207 e. The quantitative estimate of drug-likeness (QED) is 0.864. The first kappa shape index (κ1) is 14.2. The maximum Gasteiger partial charge on any atom is 0.240 e. The Hall–Kier alpha value is -1.20. The standard InChI is InChI=1S/C14H18FNO2S/c1-11-9-13(7-8-14(11)15)19(17,18)16-10-12-5-3-2-4-6-12/h5,7-9,16H,2-4,6,10H2,1H3. The molecule has 1 aliphatic carbocycles. The van der Waals surface area contributed by atoms with E-state index in [1.165, 1.54) is 24.6 Å². The van der Waals surface area contributed by atoms with Crippen molar-refractivity contribution in [3.8, 4) is 0 Å². The maximum atomic E-state index is 13.1. The smallest absolute Gasteiger partial charge is 0.207 e. The van der Waals surface area contributed by atoms with E-state index in [1.807, 2.05) is 0 Å². The normalized spacial score (nSPS) is 16.2. The second-order valence-electron chi connectivity index (χ2n) is 4.84. The van der Waals surface area contributed by atoms with Gasteiger partial charge in [-0.2, -0.15) is 0 Å². The van der Waals surface area contributed by atoms with Crippen LogP contribution in [-0.4, -0.2) is 15.0 Å². The molecule has 19 heavy (non-hydrogen) atoms. The molecule has 0 saturated heterocycles. The molecule has 0 atom stereocenters. The third-order valence-corrected chi connectivity index (χ3v) is 4.71. The van der Waals surface area contributed by atoms with Crippen LogP contribution < -0.4 is 4.72 Å². The Labute approximate surface area is 113 Å². The molecule has 0 unspecified atom stereocenters. The van der Waals surface area contributed by atoms with Gasteiger partial charge in [0.05, 0.1) is 4.90 Å². The Kier molecular flexibility index (Phi) is 4.37. The van der Waals surface area contributed by atoms with Crippen LogP contribution in [0.4, 0.5) is 4.39 Å². The van der Waals surface area contributed by atoms with E-state index >= 15 is 0 Å². The molecule has 104 valence electrons. The summed E-state index contributed by atoms with van der Waals surface area (Å²) in [7, 11) is -3.56. The van der Waals surface area contributed by atoms with Gasteiger partial charge in [0, 0.05) is 6.54 Å². The number of halogens is 1. The molecule has 0 amide bonds. The molecule has 0 heterocycles. The summed E-state index contributed by atoms with van der Waals surface area (Å²) >= 11 is 0. The van der Waals surface area contributed by atoms with Gasteiger partial charge in [0.15, 0.2) is 0 Å². The van der Waals surface area contributed by atoms with Gasteiger partial charge in [-0.1, -0.05) is 11.6 Å². The van der Waals surface area contributed by atoms with Crippen molar-refractivity contribution in [1.82, 2.24) is 4.72 Å². The zero-order chi connectivity index (χ0) is 13.9. The second-order valence-corrected chi connectivity index (χ2v) is 6.61. The van der Waals surface area contributed by atoms with Gasteiger partial charge in [-0.15, -0.1) is 0 Å². The van der Waals surface area contributed by atoms with Crippen LogP contribution in [0, 0.1) is 12.7 Å². The predicted molar refractivity (Wildman–Crippen MR) is 72.9 cm³/mol. The van der Waals surface area contributed by atoms with Gasteiger partial charge in [-0.05, 0) is 56.4 Å². The largest absolute Gasteiger partial charge is 0.240 e. The molecule has 0 aliphatic heterocycles. The van der Waals surface area contributed by atoms with E-state index in [2.05, 4.69) is 10.8 Å². The van der Waals surface area contributed by atoms with Crippen LogP contribution >= 0.6 is 0 Å². The highest BCUT2D eigenvalue weighted by Crippen LogP contribution is 2.18. The van der Waals surface area contributed by atoms with Crippen LogP contribution in [0.5, 0.6) is 0 Å². The molecule has 0 spiro atoms. The Balaban J connectivity index is 2.09. The van der Waals surface area contributed by atoms with E-state index in [-0.39, 0.29) is 4.90 Å². The van der Waals surface area contributed by atoms with Gasteiger partial charge in [0.25, 0.3) is 0 Å². The first-order chi connectivity index (χ1) is 8.99. The minimum atomic E-state index is -3.56. The van der Waals surface area contributed by atoms with Gasteiger partial charge in [0.1, 0.15) is 5.82 Å². The summed E-state index contributed by atoms with van der Waals surface area (Å²) in [5.74, 6) is -0.395. The average molecular weight is 283 g/mol. The van der Waals surface area contributed by atoms with Crippen molar-refractivity contribution >= 4 is 10.0 Å². The van der Waals surface area contributed by atoms with Crippen molar-refractivity contribution in [3.63, 3.8) is 0 Å². The summed E-state index contributed by atoms with van der Waals surface area (Å²) in [4.78, 5) is 0.114. The van der Waals surface area contributed by atoms with Crippen LogP contribution in [0.15, 0.2) is 34.7 Å². The molecular formula is C14H18FNO2S. The van der Waals surface area contributed by atoms with E-state index in [1.54, 1.807) is 6.92 Å². The molecule has 1 aromatic rings. The Morgan fingerprint density at radius 2 is 2.11 bits per heavy atom. The first-order valence-electron chi connectivity index (χ1n) is 6.43. The lowest BCUT2D eigenvalue weighted by Crippen LogP contribution is -2.26. The fourth-order valence-corrected chi connectivity index (χ4v) is 3.24. The molecule has 0 bridgehead atoms. The highest BCUT2D eigenvalue weighted by atomic mass is 32.2. The second kappa shape index (κ2) is 5.84. The molecular weight excluding hydrogens is 265 g/mol. The van der Waals surface area contributed by atoms with Crippen molar-refractivity contribution in [2.24, 2.45) is 0 Å². The number of sulfonamides is 1. The SMILES string of the molecule is Cc1cc(S(=O)(=O)NCC2=CCCCC2)ccc1F. The fraction of sp³-hybridized carbons (Fsp3) is 0.429. The average Bonchev–Trinajstić information content (AvgIpc) is 2.41. The maximum absolute atomic E-state index is 13.1. The minimum absolute atomic E-state index is 0.114. The van der Waals surface area contributed by atoms with Crippen molar-refractivity contribution in [2.45, 2.75) is 37.5 Å². The molecule has 1 aliphatic rings. The molecule has 0 fully saturated rings. The molecule has 1 aromatic carbocycles. The summed E-state index contributed by atoms with van der Waals surface area (Å²) in [5, 5.41) is 0. The number of hydrogen-bond donors (Lipinski definition) is 1. The Morgan fingerprint density at radius 1 is 1.32 bits per heavy atom. The van der Waals surface area contributed by atoms with Gasteiger partial charge in [0.2, 0.25) is 10.0 Å². The summed E-state index contributed by atoms with van der Waals surface area (Å²) in [6.07, 6.45) is 6.36. The van der Waals surface area contributed by atoms with E-state index in [0.29, 0.717) is 12.1 Å². The lowest BCUT2D eigenvalue weighted by atomic mass is 10.0. The molecule has 1 N–H and O–H groups in total. The summed E-state index contributed by atoms with van der Waals surface area (Å²) in [5.41, 5.74) is 1.47. The third kappa shape index (κ3) is 3.64. The number of nitrogens with one attached hydrogen (secondary N) is 1. The van der Waals surface area contributed by atoms with Crippen molar-refractivity contribution in [3.05, 3.63) is 41.2 Å². The van der Waals surface area contributed by atoms with Crippen molar-refractivity contribution in [2.75, 3.05) is 6.54 Å². The van der Waals surface area contributed by atoms with Gasteiger partial charge in [-0.3, -0.25) is 0 Å². The number of hydrogen-bond acceptors (Lipinski definition) is 2. The monoisotopic (exact) mass is 283 g/mol. The number of aryl methyl sites for hydroxylation is 1. The van der Waals surface area contributed by atoms with Crippen LogP contribution in [0.2, 0.25) is 0 Å². The molecule has 3 nitrogen and oxygen atoms in total. The molecule has 5 heteroatoms. The Morgan fingerprint density at radius 3 is 2.74 bits per heavy atom. The molecule has 0 aromatic heterocycles. The van der Waals surface area contributed by atoms with Gasteiger partial charge in [-0.25, -0.2) is 17.5 Å². The van der Waals surface area contributed by atoms with Crippen LogP contribution in [0.25, 0.3) is 0 Å². The van der Waals surface area contributed by atoms with E-state index in [4.69, 9.17) is 0 Å². The highest BCUT2D eigenvalue weighted by Gasteiger charge is 2.16. The van der Waals surface area contributed by atoms with E-state index in [9.17, 15) is 12.8 Å². The molecule has 0 radical (unpaired) electrons. The topological polar surface area (TPSA) is 46.2 Å². The van der Waals surface area contributed by atoms with Crippen LogP contribution in [-0.2, 0) is 10.0 Å². The first-order valence-corrected chi connectivity index (χ1v) is 7.91. The Bertz CT molecular complexity index is 593. The van der Waals surface area contributed by atoms with Crippen molar-refractivity contribution < 1.29 is 12.8 Å². The van der Waals surface area contributed by atoms with E-state index in [0.717, 1.165) is 24.8 Å². The van der Waals surface area contributed by atoms with E-state index < -0.39 is 15.8 Å². The zero-order valence-corrected chi connectivity index (χ0v) is 11.8. The highest BCUT2D eigenvalue weighted by molar-refractivity contribution is 7.89. The zero-order valence-electron chi connectivity index (χ0n) is 10.9. The van der Waals surface area contributed by atoms with Crippen LogP contribution in [0.1, 0.15) is 31.2 Å².